The van der Waals surface area contributed by atoms with Crippen LogP contribution in [-0.2, 0) is 21.7 Å². The zero-order valence-corrected chi connectivity index (χ0v) is 19.3. The molecule has 1 unspecified atom stereocenters. The minimum absolute atomic E-state index is 0.0203. The number of carboxylic acid groups (broad SMARTS) is 1. The number of hydrogen-bond donors (Lipinski definition) is 2. The lowest BCUT2D eigenvalue weighted by Gasteiger charge is -2.35. The molecule has 0 aliphatic heterocycles. The SMILES string of the molecule is CCN(C)C(C)(C(=O)O)c1ccc(CNC(=O)CCCC/C=C/C(C)C)cc1OC. The van der Waals surface area contributed by atoms with E-state index in [0.29, 0.717) is 36.7 Å². The van der Waals surface area contributed by atoms with Gasteiger partial charge in [-0.25, -0.2) is 4.79 Å². The summed E-state index contributed by atoms with van der Waals surface area (Å²) in [5.74, 6) is 0.151. The first-order valence-corrected chi connectivity index (χ1v) is 10.7. The molecule has 0 aromatic heterocycles. The molecule has 0 aliphatic carbocycles. The van der Waals surface area contributed by atoms with Crippen LogP contribution in [0.3, 0.4) is 0 Å². The number of hydrogen-bond acceptors (Lipinski definition) is 4. The summed E-state index contributed by atoms with van der Waals surface area (Å²) in [7, 11) is 3.31. The highest BCUT2D eigenvalue weighted by Gasteiger charge is 2.41. The van der Waals surface area contributed by atoms with Crippen molar-refractivity contribution in [1.82, 2.24) is 10.2 Å². The van der Waals surface area contributed by atoms with Gasteiger partial charge in [0.05, 0.1) is 7.11 Å². The van der Waals surface area contributed by atoms with Crippen LogP contribution in [0.25, 0.3) is 0 Å². The first-order chi connectivity index (χ1) is 14.2. The van der Waals surface area contributed by atoms with Crippen LogP contribution in [0.1, 0.15) is 64.5 Å². The summed E-state index contributed by atoms with van der Waals surface area (Å²) >= 11 is 0. The summed E-state index contributed by atoms with van der Waals surface area (Å²) in [5, 5.41) is 12.8. The highest BCUT2D eigenvalue weighted by atomic mass is 16.5. The number of aliphatic carboxylic acids is 1. The molecule has 0 bridgehead atoms. The van der Waals surface area contributed by atoms with Gasteiger partial charge in [-0.15, -0.1) is 0 Å². The first kappa shape index (κ1) is 25.7. The number of rotatable bonds is 13. The second kappa shape index (κ2) is 12.4. The number of nitrogens with one attached hydrogen (secondary N) is 1. The highest BCUT2D eigenvalue weighted by molar-refractivity contribution is 5.81. The molecular weight excluding hydrogens is 380 g/mol. The lowest BCUT2D eigenvalue weighted by Crippen LogP contribution is -2.47. The molecule has 6 heteroatoms. The Labute approximate surface area is 181 Å². The smallest absolute Gasteiger partial charge is 0.328 e. The van der Waals surface area contributed by atoms with Crippen molar-refractivity contribution in [2.75, 3.05) is 20.7 Å². The van der Waals surface area contributed by atoms with E-state index in [4.69, 9.17) is 4.74 Å². The number of nitrogens with zero attached hydrogens (tertiary/aromatic N) is 1. The molecule has 1 aromatic rings. The van der Waals surface area contributed by atoms with Crippen LogP contribution in [-0.4, -0.2) is 42.6 Å². The van der Waals surface area contributed by atoms with Crippen LogP contribution in [0.15, 0.2) is 30.4 Å². The van der Waals surface area contributed by atoms with Crippen molar-refractivity contribution in [2.45, 2.75) is 65.5 Å². The third-order valence-corrected chi connectivity index (χ3v) is 5.48. The second-order valence-corrected chi connectivity index (χ2v) is 8.12. The largest absolute Gasteiger partial charge is 0.496 e. The van der Waals surface area contributed by atoms with Gasteiger partial charge in [0, 0.05) is 18.5 Å². The Morgan fingerprint density at radius 3 is 2.57 bits per heavy atom. The maximum absolute atomic E-state index is 12.1. The molecule has 0 aliphatic rings. The molecular formula is C24H38N2O4. The fourth-order valence-corrected chi connectivity index (χ4v) is 3.25. The standard InChI is InChI=1S/C24H38N2O4/c1-7-26(5)24(4,23(28)29)20-15-14-19(16-21(20)30-6)17-25-22(27)13-11-9-8-10-12-18(2)3/h10,12,14-16,18H,7-9,11,13,17H2,1-6H3,(H,25,27)(H,28,29)/b12-10+. The molecule has 1 aromatic carbocycles. The number of amides is 1. The molecule has 0 radical (unpaired) electrons. The van der Waals surface area contributed by atoms with E-state index in [1.54, 1.807) is 31.0 Å². The van der Waals surface area contributed by atoms with Gasteiger partial charge >= 0.3 is 5.97 Å². The van der Waals surface area contributed by atoms with Gasteiger partial charge in [-0.2, -0.15) is 0 Å². The Kier molecular flexibility index (Phi) is 10.6. The Bertz CT molecular complexity index is 730. The van der Waals surface area contributed by atoms with Gasteiger partial charge in [-0.05, 0) is 57.3 Å². The molecule has 0 saturated heterocycles. The molecule has 6 nitrogen and oxygen atoms in total. The summed E-state index contributed by atoms with van der Waals surface area (Å²) < 4.78 is 5.49. The number of carbonyl (C=O) groups excluding carboxylic acids is 1. The molecule has 0 saturated carbocycles. The Morgan fingerprint density at radius 2 is 2.00 bits per heavy atom. The number of ether oxygens (including phenoxy) is 1. The van der Waals surface area contributed by atoms with Crippen LogP contribution >= 0.6 is 0 Å². The highest BCUT2D eigenvalue weighted by Crippen LogP contribution is 2.35. The van der Waals surface area contributed by atoms with Gasteiger partial charge in [0.15, 0.2) is 0 Å². The number of likely N-dealkylation sites (N-methyl/N-ethyl adjacent to an activating group) is 1. The van der Waals surface area contributed by atoms with E-state index in [1.165, 1.54) is 7.11 Å². The molecule has 0 heterocycles. The molecule has 2 N–H and O–H groups in total. The van der Waals surface area contributed by atoms with Crippen molar-refractivity contribution in [2.24, 2.45) is 5.92 Å². The Balaban J connectivity index is 2.71. The van der Waals surface area contributed by atoms with E-state index in [2.05, 4.69) is 31.3 Å². The van der Waals surface area contributed by atoms with Crippen molar-refractivity contribution >= 4 is 11.9 Å². The summed E-state index contributed by atoms with van der Waals surface area (Å²) in [5.41, 5.74) is 0.258. The molecule has 168 valence electrons. The minimum atomic E-state index is -1.20. The number of carbonyl (C=O) groups is 2. The molecule has 1 amide bonds. The number of allylic oxidation sites excluding steroid dienone is 2. The molecule has 0 spiro atoms. The van der Waals surface area contributed by atoms with Gasteiger partial charge in [-0.1, -0.05) is 45.1 Å². The van der Waals surface area contributed by atoms with Crippen LogP contribution in [0.2, 0.25) is 0 Å². The predicted octanol–water partition coefficient (Wildman–Crippen LogP) is 4.34. The van der Waals surface area contributed by atoms with Gasteiger partial charge in [0.1, 0.15) is 11.3 Å². The molecule has 1 rings (SSSR count). The minimum Gasteiger partial charge on any atom is -0.496 e. The molecule has 1 atom stereocenters. The van der Waals surface area contributed by atoms with Gasteiger partial charge < -0.3 is 15.2 Å². The number of unbranched alkanes of at least 4 members (excludes halogenated alkanes) is 2. The van der Waals surface area contributed by atoms with Crippen molar-refractivity contribution in [3.63, 3.8) is 0 Å². The van der Waals surface area contributed by atoms with E-state index in [-0.39, 0.29) is 5.91 Å². The van der Waals surface area contributed by atoms with E-state index < -0.39 is 11.5 Å². The first-order valence-electron chi connectivity index (χ1n) is 10.7. The maximum Gasteiger partial charge on any atom is 0.328 e. The second-order valence-electron chi connectivity index (χ2n) is 8.12. The lowest BCUT2D eigenvalue weighted by atomic mass is 9.88. The van der Waals surface area contributed by atoms with Gasteiger partial charge in [0.2, 0.25) is 5.91 Å². The average Bonchev–Trinajstić information content (AvgIpc) is 2.72. The van der Waals surface area contributed by atoms with Crippen LogP contribution in [0.4, 0.5) is 0 Å². The summed E-state index contributed by atoms with van der Waals surface area (Å²) in [6.07, 6.45) is 7.72. The van der Waals surface area contributed by atoms with Gasteiger partial charge in [0.25, 0.3) is 0 Å². The van der Waals surface area contributed by atoms with Crippen molar-refractivity contribution in [1.29, 1.82) is 0 Å². The summed E-state index contributed by atoms with van der Waals surface area (Å²) in [4.78, 5) is 25.9. The molecule has 0 fully saturated rings. The van der Waals surface area contributed by atoms with Crippen molar-refractivity contribution in [3.8, 4) is 5.75 Å². The van der Waals surface area contributed by atoms with E-state index in [0.717, 1.165) is 24.8 Å². The molecule has 30 heavy (non-hydrogen) atoms. The van der Waals surface area contributed by atoms with E-state index >= 15 is 0 Å². The van der Waals surface area contributed by atoms with E-state index in [1.807, 2.05) is 13.0 Å². The fourth-order valence-electron chi connectivity index (χ4n) is 3.25. The number of benzene rings is 1. The van der Waals surface area contributed by atoms with E-state index in [9.17, 15) is 14.7 Å². The lowest BCUT2D eigenvalue weighted by molar-refractivity contribution is -0.150. The van der Waals surface area contributed by atoms with Crippen molar-refractivity contribution in [3.05, 3.63) is 41.5 Å². The van der Waals surface area contributed by atoms with Crippen LogP contribution < -0.4 is 10.1 Å². The monoisotopic (exact) mass is 418 g/mol. The van der Waals surface area contributed by atoms with Crippen LogP contribution in [0, 0.1) is 5.92 Å². The summed E-state index contributed by atoms with van der Waals surface area (Å²) in [6, 6.07) is 5.43. The third-order valence-electron chi connectivity index (χ3n) is 5.48. The van der Waals surface area contributed by atoms with Crippen molar-refractivity contribution < 1.29 is 19.4 Å². The maximum atomic E-state index is 12.1. The normalized spacial score (nSPS) is 13.6. The van der Waals surface area contributed by atoms with Crippen LogP contribution in [0.5, 0.6) is 5.75 Å². The number of carboxylic acids is 1. The Hall–Kier alpha value is -2.34. The topological polar surface area (TPSA) is 78.9 Å². The predicted molar refractivity (Wildman–Crippen MR) is 121 cm³/mol. The zero-order valence-electron chi connectivity index (χ0n) is 19.3. The quantitative estimate of drug-likeness (QED) is 0.368. The average molecular weight is 419 g/mol. The Morgan fingerprint density at radius 1 is 1.30 bits per heavy atom. The number of methoxy groups -OCH3 is 1. The fraction of sp³-hybridized carbons (Fsp3) is 0.583. The zero-order chi connectivity index (χ0) is 22.7. The third kappa shape index (κ3) is 7.17. The summed E-state index contributed by atoms with van der Waals surface area (Å²) in [6.45, 7) is 8.85. The van der Waals surface area contributed by atoms with Gasteiger partial charge in [-0.3, -0.25) is 9.69 Å².